The molecule has 0 aliphatic heterocycles. The van der Waals surface area contributed by atoms with Crippen LogP contribution in [0.1, 0.15) is 46.8 Å². The summed E-state index contributed by atoms with van der Waals surface area (Å²) in [7, 11) is 4.62. The van der Waals surface area contributed by atoms with E-state index in [1.54, 1.807) is 44.7 Å². The van der Waals surface area contributed by atoms with Crippen molar-refractivity contribution in [2.75, 3.05) is 38.1 Å². The monoisotopic (exact) mass is 622 g/mol. The summed E-state index contributed by atoms with van der Waals surface area (Å²) in [4.78, 5) is 37.6. The van der Waals surface area contributed by atoms with Crippen LogP contribution in [0.2, 0.25) is 0 Å². The topological polar surface area (TPSA) is 121 Å². The SMILES string of the molecule is CCCCNc1nc(N(Cc2ccc(OC)cc2)Cc2ccc(OC)cc2)nc2cnn(Cc3ccc(C(=O)OC)cc3)c(=O)c12. The number of carbonyl (C=O) groups is 1. The van der Waals surface area contributed by atoms with Crippen LogP contribution in [0.3, 0.4) is 0 Å². The number of anilines is 2. The van der Waals surface area contributed by atoms with Gasteiger partial charge in [-0.25, -0.2) is 14.5 Å². The van der Waals surface area contributed by atoms with E-state index in [0.717, 1.165) is 41.0 Å². The molecule has 0 aliphatic rings. The first-order valence-electron chi connectivity index (χ1n) is 15.1. The van der Waals surface area contributed by atoms with E-state index in [9.17, 15) is 9.59 Å². The number of fused-ring (bicyclic) bond motifs is 1. The predicted molar refractivity (Wildman–Crippen MR) is 178 cm³/mol. The molecule has 0 aliphatic carbocycles. The summed E-state index contributed by atoms with van der Waals surface area (Å²) >= 11 is 0. The third-order valence-electron chi connectivity index (χ3n) is 7.57. The number of nitrogens with one attached hydrogen (secondary N) is 1. The maximum absolute atomic E-state index is 13.9. The number of carbonyl (C=O) groups excluding carboxylic acids is 1. The summed E-state index contributed by atoms with van der Waals surface area (Å²) in [6.07, 6.45) is 3.50. The van der Waals surface area contributed by atoms with Crippen LogP contribution in [0.25, 0.3) is 10.9 Å². The lowest BCUT2D eigenvalue weighted by atomic mass is 10.1. The van der Waals surface area contributed by atoms with Crippen molar-refractivity contribution >= 4 is 28.6 Å². The molecule has 0 atom stereocenters. The zero-order chi connectivity index (χ0) is 32.5. The maximum atomic E-state index is 13.9. The van der Waals surface area contributed by atoms with E-state index in [-0.39, 0.29) is 12.1 Å². The minimum atomic E-state index is -0.420. The number of methoxy groups -OCH3 is 3. The Morgan fingerprint density at radius 2 is 1.41 bits per heavy atom. The third kappa shape index (κ3) is 7.60. The molecule has 238 valence electrons. The Morgan fingerprint density at radius 1 is 0.826 bits per heavy atom. The highest BCUT2D eigenvalue weighted by atomic mass is 16.5. The lowest BCUT2D eigenvalue weighted by Gasteiger charge is -2.24. The molecule has 3 aromatic carbocycles. The highest BCUT2D eigenvalue weighted by Gasteiger charge is 2.19. The first-order valence-corrected chi connectivity index (χ1v) is 15.1. The second kappa shape index (κ2) is 15.0. The zero-order valence-electron chi connectivity index (χ0n) is 26.5. The van der Waals surface area contributed by atoms with Crippen LogP contribution in [0.4, 0.5) is 11.8 Å². The Balaban J connectivity index is 1.54. The van der Waals surface area contributed by atoms with Crippen molar-refractivity contribution in [3.05, 3.63) is 112 Å². The highest BCUT2D eigenvalue weighted by molar-refractivity contribution is 5.89. The van der Waals surface area contributed by atoms with E-state index >= 15 is 0 Å². The number of nitrogens with zero attached hydrogens (tertiary/aromatic N) is 5. The number of aromatic nitrogens is 4. The van der Waals surface area contributed by atoms with Gasteiger partial charge in [0.25, 0.3) is 5.56 Å². The molecular formula is C35H38N6O5. The van der Waals surface area contributed by atoms with Crippen LogP contribution in [0.5, 0.6) is 11.5 Å². The van der Waals surface area contributed by atoms with Gasteiger partial charge in [-0.3, -0.25) is 4.79 Å². The van der Waals surface area contributed by atoms with Crippen molar-refractivity contribution < 1.29 is 19.0 Å². The molecule has 11 nitrogen and oxygen atoms in total. The molecule has 0 spiro atoms. The van der Waals surface area contributed by atoms with E-state index in [1.165, 1.54) is 11.8 Å². The number of unbranched alkanes of at least 4 members (excludes halogenated alkanes) is 1. The fourth-order valence-corrected chi connectivity index (χ4v) is 4.98. The van der Waals surface area contributed by atoms with Crippen molar-refractivity contribution in [1.82, 2.24) is 19.7 Å². The van der Waals surface area contributed by atoms with Crippen molar-refractivity contribution in [2.45, 2.75) is 39.4 Å². The van der Waals surface area contributed by atoms with Gasteiger partial charge in [0.2, 0.25) is 5.95 Å². The lowest BCUT2D eigenvalue weighted by Crippen LogP contribution is -2.28. The summed E-state index contributed by atoms with van der Waals surface area (Å²) < 4.78 is 16.9. The first kappa shape index (κ1) is 32.0. The fraction of sp³-hybridized carbons (Fsp3) is 0.286. The van der Waals surface area contributed by atoms with Gasteiger partial charge in [0.05, 0.1) is 39.6 Å². The molecule has 0 amide bonds. The van der Waals surface area contributed by atoms with Gasteiger partial charge in [-0.2, -0.15) is 10.1 Å². The summed E-state index contributed by atoms with van der Waals surface area (Å²) in [5.74, 6) is 2.06. The van der Waals surface area contributed by atoms with Gasteiger partial charge < -0.3 is 24.4 Å². The number of hydrogen-bond acceptors (Lipinski definition) is 10. The quantitative estimate of drug-likeness (QED) is 0.126. The maximum Gasteiger partial charge on any atom is 0.337 e. The van der Waals surface area contributed by atoms with Gasteiger partial charge in [0.1, 0.15) is 28.2 Å². The Morgan fingerprint density at radius 3 is 1.96 bits per heavy atom. The summed E-state index contributed by atoms with van der Waals surface area (Å²) in [6, 6.07) is 22.6. The second-order valence-corrected chi connectivity index (χ2v) is 10.8. The minimum Gasteiger partial charge on any atom is -0.497 e. The minimum absolute atomic E-state index is 0.216. The molecule has 46 heavy (non-hydrogen) atoms. The summed E-state index contributed by atoms with van der Waals surface area (Å²) in [5, 5.41) is 8.23. The van der Waals surface area contributed by atoms with E-state index in [2.05, 4.69) is 22.2 Å². The van der Waals surface area contributed by atoms with Crippen molar-refractivity contribution in [3.8, 4) is 11.5 Å². The van der Waals surface area contributed by atoms with Gasteiger partial charge in [0.15, 0.2) is 0 Å². The molecule has 0 fully saturated rings. The number of ether oxygens (including phenoxy) is 3. The molecule has 5 aromatic rings. The third-order valence-corrected chi connectivity index (χ3v) is 7.57. The summed E-state index contributed by atoms with van der Waals surface area (Å²) in [6.45, 7) is 4.01. The van der Waals surface area contributed by atoms with Crippen LogP contribution >= 0.6 is 0 Å². The smallest absolute Gasteiger partial charge is 0.337 e. The summed E-state index contributed by atoms with van der Waals surface area (Å²) in [5.41, 5.74) is 3.47. The number of rotatable bonds is 14. The Labute approximate surface area is 267 Å². The second-order valence-electron chi connectivity index (χ2n) is 10.8. The van der Waals surface area contributed by atoms with Crippen molar-refractivity contribution in [2.24, 2.45) is 0 Å². The number of hydrogen-bond donors (Lipinski definition) is 1. The van der Waals surface area contributed by atoms with Crippen molar-refractivity contribution in [3.63, 3.8) is 0 Å². The molecule has 2 heterocycles. The van der Waals surface area contributed by atoms with Crippen LogP contribution < -0.4 is 25.2 Å². The van der Waals surface area contributed by atoms with Gasteiger partial charge in [0, 0.05) is 19.6 Å². The Bertz CT molecular complexity index is 1770. The average Bonchev–Trinajstić information content (AvgIpc) is 3.09. The molecule has 0 radical (unpaired) electrons. The molecular weight excluding hydrogens is 584 g/mol. The standard InChI is InChI=1S/C35H38N6O5/c1-5-6-19-36-32-31-30(20-37-41(33(31)42)23-26-7-13-27(14-8-26)34(43)46-4)38-35(39-32)40(21-24-9-15-28(44-2)16-10-24)22-25-11-17-29(45-3)18-12-25/h7-18,20H,5-6,19,21-23H2,1-4H3,(H,36,38,39). The number of esters is 1. The Hall–Kier alpha value is -5.45. The lowest BCUT2D eigenvalue weighted by molar-refractivity contribution is 0.0600. The van der Waals surface area contributed by atoms with Gasteiger partial charge in [-0.05, 0) is 59.5 Å². The van der Waals surface area contributed by atoms with Crippen LogP contribution in [0, 0.1) is 0 Å². The molecule has 1 N–H and O–H groups in total. The van der Waals surface area contributed by atoms with Crippen molar-refractivity contribution in [1.29, 1.82) is 0 Å². The molecule has 5 rings (SSSR count). The molecule has 2 aromatic heterocycles. The first-order chi connectivity index (χ1) is 22.4. The molecule has 0 saturated carbocycles. The van der Waals surface area contributed by atoms with Crippen LogP contribution in [-0.2, 0) is 24.4 Å². The van der Waals surface area contributed by atoms with Gasteiger partial charge in [-0.1, -0.05) is 49.7 Å². The average molecular weight is 623 g/mol. The molecule has 0 unspecified atom stereocenters. The van der Waals surface area contributed by atoms with E-state index in [0.29, 0.717) is 47.9 Å². The highest BCUT2D eigenvalue weighted by Crippen LogP contribution is 2.25. The largest absolute Gasteiger partial charge is 0.497 e. The predicted octanol–water partition coefficient (Wildman–Crippen LogP) is 5.46. The van der Waals surface area contributed by atoms with Gasteiger partial charge in [-0.15, -0.1) is 0 Å². The molecule has 0 saturated heterocycles. The van der Waals surface area contributed by atoms with E-state index in [4.69, 9.17) is 24.2 Å². The molecule has 0 bridgehead atoms. The van der Waals surface area contributed by atoms with Crippen LogP contribution in [-0.4, -0.2) is 53.6 Å². The Kier molecular flexibility index (Phi) is 10.4. The normalized spacial score (nSPS) is 10.9. The van der Waals surface area contributed by atoms with E-state index < -0.39 is 5.97 Å². The van der Waals surface area contributed by atoms with E-state index in [1.807, 2.05) is 48.5 Å². The fourth-order valence-electron chi connectivity index (χ4n) is 4.98. The van der Waals surface area contributed by atoms with Gasteiger partial charge >= 0.3 is 5.97 Å². The number of benzene rings is 3. The van der Waals surface area contributed by atoms with Crippen LogP contribution in [0.15, 0.2) is 83.8 Å². The zero-order valence-corrected chi connectivity index (χ0v) is 26.5. The molecule has 11 heteroatoms.